The van der Waals surface area contributed by atoms with Gasteiger partial charge in [-0.25, -0.2) is 0 Å². The van der Waals surface area contributed by atoms with Crippen LogP contribution in [0.3, 0.4) is 0 Å². The highest BCUT2D eigenvalue weighted by molar-refractivity contribution is 5.97. The second-order valence-electron chi connectivity index (χ2n) is 14.2. The molecule has 1 heterocycles. The number of H-pyrrole nitrogens is 1. The minimum absolute atomic E-state index is 0.0714. The van der Waals surface area contributed by atoms with Crippen LogP contribution in [0.1, 0.15) is 86.1 Å². The van der Waals surface area contributed by atoms with Crippen molar-refractivity contribution in [1.82, 2.24) is 36.9 Å². The monoisotopic (exact) mass is 771 g/mol. The molecule has 0 spiro atoms. The number of carbonyl (C=O) groups excluding carboxylic acids is 6. The molecule has 0 aliphatic rings. The molecule has 2 aromatic rings. The van der Waals surface area contributed by atoms with E-state index in [9.17, 15) is 43.5 Å². The molecule has 55 heavy (non-hydrogen) atoms. The zero-order valence-electron chi connectivity index (χ0n) is 32.6. The van der Waals surface area contributed by atoms with Gasteiger partial charge in [0.05, 0.1) is 6.42 Å². The Kier molecular flexibility index (Phi) is 18.3. The standard InChI is InChI=1S/C38H57N7O10/c1-8-21(5)32(41-23(7)46)38(55)45-33(22(6)9-2)37(54)43-28(18-24-19-40-26-13-11-10-12-25(24)26)35(52)42-27(14-15-29(47)48)34(51)44-31(20(3)4)36(53)39-17-16-30(49)50/h10-13,19-22,27-28,31-33,40H,8-9,14-18H2,1-7H3,(H,39,53)(H,41,46)(H,42,52)(H,43,54)(H,44,51)(H,45,55)(H,47,48)(H,49,50)/t21?,22?,27-,28-,31-,32-,33-/m0/s1. The maximum Gasteiger partial charge on any atom is 0.305 e. The number of para-hydroxylation sites is 1. The van der Waals surface area contributed by atoms with E-state index < -0.39 is 95.8 Å². The van der Waals surface area contributed by atoms with Gasteiger partial charge in [-0.2, -0.15) is 0 Å². The zero-order valence-corrected chi connectivity index (χ0v) is 32.6. The fourth-order valence-corrected chi connectivity index (χ4v) is 5.86. The van der Waals surface area contributed by atoms with Crippen molar-refractivity contribution in [3.8, 4) is 0 Å². The van der Waals surface area contributed by atoms with Crippen molar-refractivity contribution in [2.45, 2.75) is 117 Å². The summed E-state index contributed by atoms with van der Waals surface area (Å²) >= 11 is 0. The number of carboxylic acids is 2. The summed E-state index contributed by atoms with van der Waals surface area (Å²) in [6.45, 7) is 11.6. The highest BCUT2D eigenvalue weighted by Crippen LogP contribution is 2.20. The number of nitrogens with one attached hydrogen (secondary N) is 7. The quantitative estimate of drug-likeness (QED) is 0.0783. The molecule has 0 saturated heterocycles. The number of aromatic amines is 1. The normalized spacial score (nSPS) is 15.0. The van der Waals surface area contributed by atoms with E-state index in [0.717, 1.165) is 10.9 Å². The van der Waals surface area contributed by atoms with Crippen LogP contribution in [0.25, 0.3) is 10.9 Å². The van der Waals surface area contributed by atoms with Gasteiger partial charge in [-0.1, -0.05) is 72.6 Å². The van der Waals surface area contributed by atoms with Crippen molar-refractivity contribution in [1.29, 1.82) is 0 Å². The predicted molar refractivity (Wildman–Crippen MR) is 203 cm³/mol. The molecule has 0 radical (unpaired) electrons. The minimum atomic E-state index is -1.46. The highest BCUT2D eigenvalue weighted by Gasteiger charge is 2.35. The molecular weight excluding hydrogens is 714 g/mol. The lowest BCUT2D eigenvalue weighted by Crippen LogP contribution is -2.61. The number of benzene rings is 1. The number of amides is 6. The Hall–Kier alpha value is -5.48. The number of hydrogen-bond acceptors (Lipinski definition) is 8. The molecular formula is C38H57N7O10. The first-order valence-corrected chi connectivity index (χ1v) is 18.6. The van der Waals surface area contributed by atoms with Gasteiger partial charge in [0.2, 0.25) is 35.4 Å². The van der Waals surface area contributed by atoms with Gasteiger partial charge in [0.25, 0.3) is 0 Å². The first-order chi connectivity index (χ1) is 25.9. The van der Waals surface area contributed by atoms with Crippen LogP contribution in [0, 0.1) is 17.8 Å². The Morgan fingerprint density at radius 2 is 1.18 bits per heavy atom. The lowest BCUT2D eigenvalue weighted by molar-refractivity contribution is -0.139. The lowest BCUT2D eigenvalue weighted by Gasteiger charge is -2.30. The Bertz CT molecular complexity index is 1680. The van der Waals surface area contributed by atoms with E-state index in [0.29, 0.717) is 18.4 Å². The average molecular weight is 772 g/mol. The Labute approximate surface area is 320 Å². The SMILES string of the molecule is CCC(C)[C@H](NC(C)=O)C(=O)N[C@H](C(=O)N[C@@H](Cc1c[nH]c2ccccc12)C(=O)N[C@@H](CCC(=O)O)C(=O)N[C@H](C(=O)NCCC(=O)O)C(C)C)C(C)CC. The van der Waals surface area contributed by atoms with Crippen LogP contribution >= 0.6 is 0 Å². The number of carbonyl (C=O) groups is 8. The Morgan fingerprint density at radius 3 is 1.75 bits per heavy atom. The minimum Gasteiger partial charge on any atom is -0.481 e. The summed E-state index contributed by atoms with van der Waals surface area (Å²) < 4.78 is 0. The molecule has 0 fully saturated rings. The van der Waals surface area contributed by atoms with E-state index >= 15 is 0 Å². The predicted octanol–water partition coefficient (Wildman–Crippen LogP) is 1.36. The Balaban J connectivity index is 2.48. The van der Waals surface area contributed by atoms with Crippen LogP contribution in [0.15, 0.2) is 30.5 Å². The van der Waals surface area contributed by atoms with Gasteiger partial charge >= 0.3 is 11.9 Å². The third-order valence-electron chi connectivity index (χ3n) is 9.54. The van der Waals surface area contributed by atoms with Crippen LogP contribution < -0.4 is 31.9 Å². The topological polar surface area (TPSA) is 265 Å². The summed E-state index contributed by atoms with van der Waals surface area (Å²) in [5, 5.41) is 34.9. The molecule has 9 N–H and O–H groups in total. The van der Waals surface area contributed by atoms with Gasteiger partial charge in [-0.15, -0.1) is 0 Å². The van der Waals surface area contributed by atoms with Gasteiger partial charge in [0.1, 0.15) is 30.2 Å². The first kappa shape index (κ1) is 45.7. The van der Waals surface area contributed by atoms with Crippen molar-refractivity contribution < 1.29 is 48.6 Å². The van der Waals surface area contributed by atoms with Crippen LogP contribution in [0.5, 0.6) is 0 Å². The number of hydrogen-bond donors (Lipinski definition) is 9. The molecule has 0 aliphatic carbocycles. The van der Waals surface area contributed by atoms with Gasteiger partial charge < -0.3 is 47.1 Å². The third-order valence-corrected chi connectivity index (χ3v) is 9.54. The smallest absolute Gasteiger partial charge is 0.305 e. The average Bonchev–Trinajstić information content (AvgIpc) is 3.54. The van der Waals surface area contributed by atoms with E-state index in [2.05, 4.69) is 36.9 Å². The van der Waals surface area contributed by atoms with Crippen LogP contribution in [-0.4, -0.2) is 99.3 Å². The van der Waals surface area contributed by atoms with Crippen LogP contribution in [-0.2, 0) is 44.8 Å². The molecule has 1 aromatic carbocycles. The highest BCUT2D eigenvalue weighted by atomic mass is 16.4. The lowest BCUT2D eigenvalue weighted by atomic mass is 9.94. The van der Waals surface area contributed by atoms with E-state index in [1.54, 1.807) is 40.0 Å². The summed E-state index contributed by atoms with van der Waals surface area (Å²) in [5.41, 5.74) is 1.41. The summed E-state index contributed by atoms with van der Waals surface area (Å²) in [4.78, 5) is 106. The van der Waals surface area contributed by atoms with Gasteiger partial charge in [-0.05, 0) is 35.8 Å². The molecule has 2 rings (SSSR count). The fourth-order valence-electron chi connectivity index (χ4n) is 5.86. The molecule has 0 bridgehead atoms. The van der Waals surface area contributed by atoms with Crippen molar-refractivity contribution in [2.24, 2.45) is 17.8 Å². The molecule has 6 amide bonds. The summed E-state index contributed by atoms with van der Waals surface area (Å²) in [6.07, 6.45) is 1.40. The molecule has 0 saturated carbocycles. The Morgan fingerprint density at radius 1 is 0.655 bits per heavy atom. The molecule has 1 aromatic heterocycles. The van der Waals surface area contributed by atoms with Crippen molar-refractivity contribution in [3.63, 3.8) is 0 Å². The second-order valence-corrected chi connectivity index (χ2v) is 14.2. The second kappa shape index (κ2) is 22.0. The van der Waals surface area contributed by atoms with E-state index in [1.165, 1.54) is 6.92 Å². The molecule has 17 heteroatoms. The molecule has 7 atom stereocenters. The number of aromatic nitrogens is 1. The summed E-state index contributed by atoms with van der Waals surface area (Å²) in [5.74, 6) is -7.57. The number of aliphatic carboxylic acids is 2. The van der Waals surface area contributed by atoms with Gasteiger partial charge in [0, 0.05) is 43.4 Å². The largest absolute Gasteiger partial charge is 0.481 e. The van der Waals surface area contributed by atoms with Gasteiger partial charge in [-0.3, -0.25) is 38.4 Å². The van der Waals surface area contributed by atoms with E-state index in [4.69, 9.17) is 5.11 Å². The molecule has 0 aliphatic heterocycles. The third kappa shape index (κ3) is 14.4. The van der Waals surface area contributed by atoms with Crippen molar-refractivity contribution in [2.75, 3.05) is 6.54 Å². The van der Waals surface area contributed by atoms with Crippen molar-refractivity contribution >= 4 is 58.3 Å². The number of fused-ring (bicyclic) bond motifs is 1. The number of carboxylic acid groups (broad SMARTS) is 2. The van der Waals surface area contributed by atoms with E-state index in [1.807, 2.05) is 32.0 Å². The number of rotatable bonds is 23. The van der Waals surface area contributed by atoms with E-state index in [-0.39, 0.29) is 31.7 Å². The maximum absolute atomic E-state index is 14.2. The van der Waals surface area contributed by atoms with Crippen LogP contribution in [0.4, 0.5) is 0 Å². The molecule has 304 valence electrons. The summed E-state index contributed by atoms with van der Waals surface area (Å²) in [6, 6.07) is 1.29. The van der Waals surface area contributed by atoms with Crippen LogP contribution in [0.2, 0.25) is 0 Å². The van der Waals surface area contributed by atoms with Crippen molar-refractivity contribution in [3.05, 3.63) is 36.0 Å². The zero-order chi connectivity index (χ0) is 41.4. The molecule has 2 unspecified atom stereocenters. The molecule has 17 nitrogen and oxygen atoms in total. The van der Waals surface area contributed by atoms with Gasteiger partial charge in [0.15, 0.2) is 0 Å². The first-order valence-electron chi connectivity index (χ1n) is 18.6. The summed E-state index contributed by atoms with van der Waals surface area (Å²) in [7, 11) is 0. The fraction of sp³-hybridized carbons (Fsp3) is 0.579. The maximum atomic E-state index is 14.2.